The average molecular weight is 481 g/mol. The first-order valence-corrected chi connectivity index (χ1v) is 12.0. The molecule has 2 heterocycles. The van der Waals surface area contributed by atoms with Crippen molar-refractivity contribution in [2.45, 2.75) is 58.5 Å². The molecule has 0 aromatic heterocycles. The first-order valence-electron chi connectivity index (χ1n) is 12.0. The van der Waals surface area contributed by atoms with Crippen LogP contribution < -0.4 is 10.5 Å². The van der Waals surface area contributed by atoms with Gasteiger partial charge in [0.2, 0.25) is 0 Å². The maximum absolute atomic E-state index is 9.55. The zero-order valence-corrected chi connectivity index (χ0v) is 21.0. The normalized spacial score (nSPS) is 20.1. The van der Waals surface area contributed by atoms with Gasteiger partial charge in [-0.2, -0.15) is 0 Å². The maximum Gasteiger partial charge on any atom is 0.328 e. The molecule has 1 fully saturated rings. The van der Waals surface area contributed by atoms with Gasteiger partial charge in [-0.25, -0.2) is 9.59 Å². The number of carboxylic acids is 2. The van der Waals surface area contributed by atoms with Gasteiger partial charge in [0.25, 0.3) is 0 Å². The number of piperidine rings is 1. The molecule has 35 heavy (non-hydrogen) atoms. The summed E-state index contributed by atoms with van der Waals surface area (Å²) in [7, 11) is 0. The predicted octanol–water partition coefficient (Wildman–Crippen LogP) is 4.48. The number of hydrogen-bond donors (Lipinski definition) is 3. The van der Waals surface area contributed by atoms with E-state index < -0.39 is 11.9 Å². The Labute approximate surface area is 207 Å². The van der Waals surface area contributed by atoms with Crippen LogP contribution in [0.15, 0.2) is 42.5 Å². The minimum absolute atomic E-state index is 0.155. The molecular formula is C28H36N2O5. The highest BCUT2D eigenvalue weighted by molar-refractivity contribution is 5.89. The van der Waals surface area contributed by atoms with Crippen molar-refractivity contribution in [3.05, 3.63) is 70.3 Å². The second kappa shape index (κ2) is 11.0. The number of nitrogens with two attached hydrogens (primary N) is 1. The van der Waals surface area contributed by atoms with E-state index in [1.807, 2.05) is 0 Å². The van der Waals surface area contributed by atoms with E-state index in [1.54, 1.807) is 0 Å². The summed E-state index contributed by atoms with van der Waals surface area (Å²) in [5.41, 5.74) is 13.5. The van der Waals surface area contributed by atoms with E-state index in [0.717, 1.165) is 37.5 Å². The van der Waals surface area contributed by atoms with Crippen LogP contribution in [0.2, 0.25) is 0 Å². The zero-order valence-electron chi connectivity index (χ0n) is 21.0. The number of nitrogens with zero attached hydrogens (tertiary/aromatic N) is 1. The summed E-state index contributed by atoms with van der Waals surface area (Å²) in [6.45, 7) is 11.9. The van der Waals surface area contributed by atoms with E-state index in [4.69, 9.17) is 20.7 Å². The monoisotopic (exact) mass is 480 g/mol. The molecule has 2 aromatic rings. The van der Waals surface area contributed by atoms with E-state index in [2.05, 4.69) is 62.9 Å². The van der Waals surface area contributed by atoms with Gasteiger partial charge in [0, 0.05) is 36.4 Å². The van der Waals surface area contributed by atoms with Gasteiger partial charge in [0.05, 0.1) is 0 Å². The summed E-state index contributed by atoms with van der Waals surface area (Å²) < 4.78 is 6.56. The number of fused-ring (bicyclic) bond motifs is 1. The maximum atomic E-state index is 9.55. The van der Waals surface area contributed by atoms with Crippen molar-refractivity contribution in [1.29, 1.82) is 0 Å². The number of ether oxygens (including phenoxy) is 1. The highest BCUT2D eigenvalue weighted by Crippen LogP contribution is 2.44. The van der Waals surface area contributed by atoms with Gasteiger partial charge < -0.3 is 20.7 Å². The molecule has 0 bridgehead atoms. The summed E-state index contributed by atoms with van der Waals surface area (Å²) in [5.74, 6) is -0.732. The average Bonchev–Trinajstić information content (AvgIpc) is 3.19. The first-order chi connectivity index (χ1) is 16.5. The lowest BCUT2D eigenvalue weighted by Gasteiger charge is -2.37. The van der Waals surface area contributed by atoms with Crippen molar-refractivity contribution in [2.24, 2.45) is 0 Å². The number of likely N-dealkylation sites (tertiary alicyclic amines) is 1. The fraction of sp³-hybridized carbons (Fsp3) is 0.429. The second-order valence-electron chi connectivity index (χ2n) is 9.80. The van der Waals surface area contributed by atoms with Crippen molar-refractivity contribution in [3.63, 3.8) is 0 Å². The SMILES string of the molecule is Cc1c(C)c2c(c(C)c1N)CC(C)(CN1CCC(c3ccccc3)CC1)O2.O=C(O)/C=C/C(=O)O. The van der Waals surface area contributed by atoms with Crippen molar-refractivity contribution < 1.29 is 24.5 Å². The lowest BCUT2D eigenvalue weighted by molar-refractivity contribution is -0.134. The van der Waals surface area contributed by atoms with Gasteiger partial charge in [0.1, 0.15) is 11.4 Å². The molecule has 7 heteroatoms. The number of carbonyl (C=O) groups is 2. The molecule has 4 N–H and O–H groups in total. The molecule has 4 rings (SSSR count). The molecule has 1 saturated heterocycles. The highest BCUT2D eigenvalue weighted by atomic mass is 16.5. The van der Waals surface area contributed by atoms with Crippen LogP contribution in [0.5, 0.6) is 5.75 Å². The molecule has 0 spiro atoms. The third kappa shape index (κ3) is 6.42. The third-order valence-electron chi connectivity index (χ3n) is 7.12. The van der Waals surface area contributed by atoms with Crippen LogP contribution in [0.25, 0.3) is 0 Å². The van der Waals surface area contributed by atoms with Gasteiger partial charge >= 0.3 is 11.9 Å². The molecule has 7 nitrogen and oxygen atoms in total. The van der Waals surface area contributed by atoms with E-state index in [0.29, 0.717) is 18.1 Å². The Morgan fingerprint density at radius 1 is 1.03 bits per heavy atom. The standard InChI is InChI=1S/C24H32N2O.C4H4O4/c1-16-17(2)23-21(18(3)22(16)25)14-24(4,27-23)15-26-12-10-20(11-13-26)19-8-6-5-7-9-19;5-3(6)1-2-4(7)8/h5-9,20H,10-15,25H2,1-4H3;1-2H,(H,5,6)(H,7,8)/b;2-1+. The van der Waals surface area contributed by atoms with Crippen LogP contribution in [-0.2, 0) is 16.0 Å². The zero-order chi connectivity index (χ0) is 25.8. The number of anilines is 1. The number of nitrogen functional groups attached to an aromatic ring is 1. The fourth-order valence-corrected chi connectivity index (χ4v) is 5.07. The Morgan fingerprint density at radius 3 is 2.14 bits per heavy atom. The van der Waals surface area contributed by atoms with Gasteiger partial charge in [-0.1, -0.05) is 30.3 Å². The van der Waals surface area contributed by atoms with E-state index in [9.17, 15) is 9.59 Å². The van der Waals surface area contributed by atoms with E-state index >= 15 is 0 Å². The lowest BCUT2D eigenvalue weighted by Crippen LogP contribution is -2.47. The van der Waals surface area contributed by atoms with Crippen LogP contribution in [0, 0.1) is 20.8 Å². The Hall–Kier alpha value is -3.32. The quantitative estimate of drug-likeness (QED) is 0.427. The van der Waals surface area contributed by atoms with Gasteiger partial charge in [0.15, 0.2) is 0 Å². The van der Waals surface area contributed by atoms with Crippen LogP contribution in [-0.4, -0.2) is 52.3 Å². The smallest absolute Gasteiger partial charge is 0.328 e. The molecule has 0 aliphatic carbocycles. The number of aliphatic carboxylic acids is 2. The van der Waals surface area contributed by atoms with Gasteiger partial charge in [-0.15, -0.1) is 0 Å². The Morgan fingerprint density at radius 2 is 1.60 bits per heavy atom. The van der Waals surface area contributed by atoms with Gasteiger partial charge in [-0.3, -0.25) is 4.90 Å². The fourth-order valence-electron chi connectivity index (χ4n) is 5.07. The molecule has 2 aromatic carbocycles. The molecule has 0 saturated carbocycles. The Kier molecular flexibility index (Phi) is 8.22. The molecule has 1 unspecified atom stereocenters. The number of rotatable bonds is 5. The molecule has 188 valence electrons. The Bertz CT molecular complexity index is 1050. The minimum atomic E-state index is -1.26. The number of carboxylic acid groups (broad SMARTS) is 2. The van der Waals surface area contributed by atoms with Crippen LogP contribution in [0.4, 0.5) is 5.69 Å². The van der Waals surface area contributed by atoms with Crippen molar-refractivity contribution >= 4 is 17.6 Å². The summed E-state index contributed by atoms with van der Waals surface area (Å²) in [4.78, 5) is 21.7. The van der Waals surface area contributed by atoms with Crippen molar-refractivity contribution in [2.75, 3.05) is 25.4 Å². The van der Waals surface area contributed by atoms with Gasteiger partial charge in [-0.05, 0) is 81.8 Å². The van der Waals surface area contributed by atoms with E-state index in [-0.39, 0.29) is 5.60 Å². The summed E-state index contributed by atoms with van der Waals surface area (Å²) in [5, 5.41) is 15.6. The van der Waals surface area contributed by atoms with Crippen LogP contribution >= 0.6 is 0 Å². The minimum Gasteiger partial charge on any atom is -0.485 e. The van der Waals surface area contributed by atoms with Crippen molar-refractivity contribution in [3.8, 4) is 5.75 Å². The molecule has 2 aliphatic rings. The first kappa shape index (κ1) is 26.3. The predicted molar refractivity (Wildman–Crippen MR) is 137 cm³/mol. The largest absolute Gasteiger partial charge is 0.485 e. The van der Waals surface area contributed by atoms with E-state index in [1.165, 1.54) is 40.7 Å². The van der Waals surface area contributed by atoms with Crippen LogP contribution in [0.3, 0.4) is 0 Å². The molecule has 0 amide bonds. The number of benzene rings is 2. The summed E-state index contributed by atoms with van der Waals surface area (Å²) in [6.07, 6.45) is 4.54. The Balaban J connectivity index is 0.000000371. The highest BCUT2D eigenvalue weighted by Gasteiger charge is 2.39. The lowest BCUT2D eigenvalue weighted by atomic mass is 9.88. The van der Waals surface area contributed by atoms with Crippen LogP contribution in [0.1, 0.15) is 53.5 Å². The number of hydrogen-bond acceptors (Lipinski definition) is 5. The molecule has 0 radical (unpaired) electrons. The topological polar surface area (TPSA) is 113 Å². The molecule has 2 aliphatic heterocycles. The van der Waals surface area contributed by atoms with Crippen molar-refractivity contribution in [1.82, 2.24) is 4.90 Å². The second-order valence-corrected chi connectivity index (χ2v) is 9.80. The summed E-state index contributed by atoms with van der Waals surface area (Å²) in [6, 6.07) is 11.0. The third-order valence-corrected chi connectivity index (χ3v) is 7.12. The molecule has 1 atom stereocenters. The molecular weight excluding hydrogens is 444 g/mol. The summed E-state index contributed by atoms with van der Waals surface area (Å²) >= 11 is 0.